The molecule has 8 heteroatoms. The van der Waals surface area contributed by atoms with Gasteiger partial charge in [0, 0.05) is 23.7 Å². The number of carboxylic acid groups (broad SMARTS) is 2. The molecule has 1 aliphatic rings. The van der Waals surface area contributed by atoms with Crippen LogP contribution in [0.4, 0.5) is 11.4 Å². The maximum Gasteiger partial charge on any atom is 0.335 e. The fourth-order valence-corrected chi connectivity index (χ4v) is 7.52. The molecule has 1 aliphatic carbocycles. The Hall–Kier alpha value is -5.24. The molecule has 304 valence electrons. The number of hydrogen-bond donors (Lipinski definition) is 4. The number of carboxylic acids is 2. The van der Waals surface area contributed by atoms with Crippen LogP contribution in [0, 0.1) is 11.8 Å². The third kappa shape index (κ3) is 15.3. The largest absolute Gasteiger partial charge is 0.478 e. The Bertz CT molecular complexity index is 1880. The molecule has 57 heavy (non-hydrogen) atoms. The summed E-state index contributed by atoms with van der Waals surface area (Å²) >= 11 is 0. The number of nitrogens with one attached hydrogen (secondary N) is 2. The van der Waals surface area contributed by atoms with E-state index in [1.54, 1.807) is 24.3 Å². The van der Waals surface area contributed by atoms with E-state index in [0.29, 0.717) is 17.5 Å². The number of carbonyl (C=O) groups excluding carboxylic acids is 2. The second-order valence-corrected chi connectivity index (χ2v) is 15.4. The van der Waals surface area contributed by atoms with E-state index in [4.69, 9.17) is 0 Å². The van der Waals surface area contributed by atoms with Crippen molar-refractivity contribution in [3.8, 4) is 0 Å². The minimum absolute atomic E-state index is 0.00681. The monoisotopic (exact) mass is 774 g/mol. The maximum atomic E-state index is 12.4. The van der Waals surface area contributed by atoms with Crippen molar-refractivity contribution in [2.45, 2.75) is 123 Å². The van der Waals surface area contributed by atoms with Gasteiger partial charge in [-0.05, 0) is 117 Å². The summed E-state index contributed by atoms with van der Waals surface area (Å²) in [5.74, 6) is -0.792. The van der Waals surface area contributed by atoms with Crippen molar-refractivity contribution in [3.05, 3.63) is 130 Å². The number of aromatic carboxylic acids is 2. The Kier molecular flexibility index (Phi) is 19.0. The van der Waals surface area contributed by atoms with Crippen LogP contribution in [-0.4, -0.2) is 34.0 Å². The van der Waals surface area contributed by atoms with E-state index in [2.05, 4.69) is 22.8 Å². The Morgan fingerprint density at radius 1 is 0.579 bits per heavy atom. The van der Waals surface area contributed by atoms with Crippen molar-refractivity contribution < 1.29 is 29.4 Å². The summed E-state index contributed by atoms with van der Waals surface area (Å²) < 4.78 is 0. The SMILES string of the molecule is CCC(C)C(=O)Nc1ccccc1CCCCCc1ccccc1C(=O)O.O=C(CCC1CCCC1)Nc1ccccc1CCCCCc1ccccc1C(=O)O. The first-order chi connectivity index (χ1) is 27.7. The molecule has 0 bridgehead atoms. The van der Waals surface area contributed by atoms with Crippen LogP contribution >= 0.6 is 0 Å². The van der Waals surface area contributed by atoms with Gasteiger partial charge in [0.1, 0.15) is 0 Å². The first kappa shape index (κ1) is 44.5. The third-order valence-corrected chi connectivity index (χ3v) is 11.2. The van der Waals surface area contributed by atoms with E-state index in [0.717, 1.165) is 111 Å². The minimum atomic E-state index is -0.864. The summed E-state index contributed by atoms with van der Waals surface area (Å²) in [5.41, 5.74) is 6.77. The molecule has 4 aromatic carbocycles. The number of benzene rings is 4. The predicted molar refractivity (Wildman–Crippen MR) is 230 cm³/mol. The van der Waals surface area contributed by atoms with E-state index in [1.807, 2.05) is 74.5 Å². The fraction of sp³-hybridized carbons (Fsp3) is 0.429. The molecule has 0 saturated heterocycles. The van der Waals surface area contributed by atoms with Gasteiger partial charge in [-0.3, -0.25) is 9.59 Å². The lowest BCUT2D eigenvalue weighted by molar-refractivity contribution is -0.119. The van der Waals surface area contributed by atoms with Gasteiger partial charge < -0.3 is 20.8 Å². The van der Waals surface area contributed by atoms with Gasteiger partial charge in [0.05, 0.1) is 11.1 Å². The number of rotatable bonds is 21. The van der Waals surface area contributed by atoms with E-state index in [9.17, 15) is 29.4 Å². The summed E-state index contributed by atoms with van der Waals surface area (Å²) in [6.45, 7) is 3.95. The Morgan fingerprint density at radius 2 is 0.982 bits per heavy atom. The highest BCUT2D eigenvalue weighted by Crippen LogP contribution is 2.29. The van der Waals surface area contributed by atoms with Crippen LogP contribution < -0.4 is 10.6 Å². The fourth-order valence-electron chi connectivity index (χ4n) is 7.52. The molecule has 1 atom stereocenters. The Morgan fingerprint density at radius 3 is 1.44 bits per heavy atom. The quantitative estimate of drug-likeness (QED) is 0.0623. The molecule has 5 rings (SSSR count). The lowest BCUT2D eigenvalue weighted by atomic mass is 9.99. The number of hydrogen-bond acceptors (Lipinski definition) is 4. The molecule has 0 heterocycles. The summed E-state index contributed by atoms with van der Waals surface area (Å²) in [5, 5.41) is 24.7. The average Bonchev–Trinajstić information content (AvgIpc) is 3.75. The highest BCUT2D eigenvalue weighted by molar-refractivity contribution is 5.93. The molecular formula is C49H62N2O6. The van der Waals surface area contributed by atoms with Crippen molar-refractivity contribution in [3.63, 3.8) is 0 Å². The van der Waals surface area contributed by atoms with Gasteiger partial charge in [-0.15, -0.1) is 0 Å². The molecule has 2 amide bonds. The number of para-hydroxylation sites is 2. The van der Waals surface area contributed by atoms with Crippen molar-refractivity contribution in [2.24, 2.45) is 11.8 Å². The molecule has 0 radical (unpaired) electrons. The summed E-state index contributed by atoms with van der Waals surface area (Å²) in [6, 6.07) is 30.5. The molecule has 4 aromatic rings. The zero-order valence-corrected chi connectivity index (χ0v) is 33.9. The smallest absolute Gasteiger partial charge is 0.335 e. The average molecular weight is 775 g/mol. The number of aryl methyl sites for hydroxylation is 4. The minimum Gasteiger partial charge on any atom is -0.478 e. The van der Waals surface area contributed by atoms with E-state index >= 15 is 0 Å². The van der Waals surface area contributed by atoms with Gasteiger partial charge in [0.2, 0.25) is 11.8 Å². The summed E-state index contributed by atoms with van der Waals surface area (Å²) in [7, 11) is 0. The maximum absolute atomic E-state index is 12.4. The first-order valence-electron chi connectivity index (χ1n) is 21.0. The van der Waals surface area contributed by atoms with Crippen molar-refractivity contribution in [1.29, 1.82) is 0 Å². The van der Waals surface area contributed by atoms with E-state index < -0.39 is 11.9 Å². The number of anilines is 2. The Balaban J connectivity index is 0.000000254. The highest BCUT2D eigenvalue weighted by atomic mass is 16.4. The van der Waals surface area contributed by atoms with Gasteiger partial charge in [-0.2, -0.15) is 0 Å². The van der Waals surface area contributed by atoms with Crippen LogP contribution in [-0.2, 0) is 35.3 Å². The lowest BCUT2D eigenvalue weighted by Crippen LogP contribution is -2.20. The zero-order chi connectivity index (χ0) is 40.8. The van der Waals surface area contributed by atoms with Crippen LogP contribution in [0.25, 0.3) is 0 Å². The molecule has 1 fully saturated rings. The Labute approximate surface area is 339 Å². The van der Waals surface area contributed by atoms with Gasteiger partial charge in [-0.1, -0.05) is 125 Å². The number of unbranched alkanes of at least 4 members (excludes halogenated alkanes) is 4. The van der Waals surface area contributed by atoms with E-state index in [-0.39, 0.29) is 17.7 Å². The van der Waals surface area contributed by atoms with Gasteiger partial charge >= 0.3 is 11.9 Å². The van der Waals surface area contributed by atoms with Crippen LogP contribution in [0.1, 0.15) is 140 Å². The number of carbonyl (C=O) groups is 4. The zero-order valence-electron chi connectivity index (χ0n) is 33.9. The van der Waals surface area contributed by atoms with Gasteiger partial charge in [0.25, 0.3) is 0 Å². The molecule has 8 nitrogen and oxygen atoms in total. The van der Waals surface area contributed by atoms with Crippen LogP contribution in [0.2, 0.25) is 0 Å². The summed E-state index contributed by atoms with van der Waals surface area (Å²) in [4.78, 5) is 47.1. The normalized spacial score (nSPS) is 12.9. The molecule has 1 saturated carbocycles. The third-order valence-electron chi connectivity index (χ3n) is 11.2. The second-order valence-electron chi connectivity index (χ2n) is 15.4. The van der Waals surface area contributed by atoms with Crippen molar-refractivity contribution >= 4 is 35.1 Å². The molecular weight excluding hydrogens is 713 g/mol. The van der Waals surface area contributed by atoms with Crippen molar-refractivity contribution in [2.75, 3.05) is 10.6 Å². The van der Waals surface area contributed by atoms with Gasteiger partial charge in [0.15, 0.2) is 0 Å². The molecule has 0 aromatic heterocycles. The van der Waals surface area contributed by atoms with Crippen molar-refractivity contribution in [1.82, 2.24) is 0 Å². The molecule has 0 aliphatic heterocycles. The highest BCUT2D eigenvalue weighted by Gasteiger charge is 2.17. The second kappa shape index (κ2) is 24.4. The lowest BCUT2D eigenvalue weighted by Gasteiger charge is -2.14. The molecule has 1 unspecified atom stereocenters. The topological polar surface area (TPSA) is 133 Å². The van der Waals surface area contributed by atoms with Crippen LogP contribution in [0.5, 0.6) is 0 Å². The summed E-state index contributed by atoms with van der Waals surface area (Å²) in [6.07, 6.45) is 17.0. The van der Waals surface area contributed by atoms with E-state index in [1.165, 1.54) is 31.2 Å². The van der Waals surface area contributed by atoms with Crippen LogP contribution in [0.15, 0.2) is 97.1 Å². The number of amides is 2. The van der Waals surface area contributed by atoms with Gasteiger partial charge in [-0.25, -0.2) is 9.59 Å². The predicted octanol–water partition coefficient (Wildman–Crippen LogP) is 11.6. The first-order valence-corrected chi connectivity index (χ1v) is 21.0. The van der Waals surface area contributed by atoms with Crippen LogP contribution in [0.3, 0.4) is 0 Å². The molecule has 4 N–H and O–H groups in total. The molecule has 0 spiro atoms. The standard InChI is InChI=1S/C26H33NO3.C23H29NO3/c28-25(19-18-20-10-4-5-11-20)27-24-17-9-7-15-22(24)14-3-1-2-12-21-13-6-8-16-23(21)26(29)30;1-3-17(2)22(25)24-21-16-10-8-14-19(21)13-6-4-5-11-18-12-7-9-15-20(18)23(26)27/h6-9,13,15-17,20H,1-5,10-12,14,18-19H2,(H,27,28)(H,29,30);7-10,12,14-17H,3-6,11,13H2,1-2H3,(H,24,25)(H,26,27).